The Bertz CT molecular complexity index is 438. The zero-order chi connectivity index (χ0) is 12.7. The Labute approximate surface area is 98.4 Å². The highest BCUT2D eigenvalue weighted by molar-refractivity contribution is 5.87. The van der Waals surface area contributed by atoms with Crippen molar-refractivity contribution in [3.05, 3.63) is 41.6 Å². The molecular weight excluding hydrogens is 222 g/mol. The molecule has 0 spiro atoms. The van der Waals surface area contributed by atoms with Crippen LogP contribution in [0.25, 0.3) is 0 Å². The van der Waals surface area contributed by atoms with E-state index in [1.807, 2.05) is 0 Å². The molecule has 0 fully saturated rings. The molecule has 0 radical (unpaired) electrons. The van der Waals surface area contributed by atoms with Crippen LogP contribution in [-0.2, 0) is 0 Å². The average molecular weight is 235 g/mol. The summed E-state index contributed by atoms with van der Waals surface area (Å²) in [4.78, 5) is 10.6. The third-order valence-corrected chi connectivity index (χ3v) is 2.01. The Morgan fingerprint density at radius 2 is 2.12 bits per heavy atom. The van der Waals surface area contributed by atoms with Crippen molar-refractivity contribution in [3.8, 4) is 5.75 Å². The lowest BCUT2D eigenvalue weighted by molar-refractivity contribution is 0.0697. The van der Waals surface area contributed by atoms with Crippen LogP contribution in [0.2, 0.25) is 0 Å². The second-order valence-corrected chi connectivity index (χ2v) is 3.11. The van der Waals surface area contributed by atoms with Crippen molar-refractivity contribution in [1.29, 1.82) is 0 Å². The van der Waals surface area contributed by atoms with E-state index < -0.39 is 5.97 Å². The maximum absolute atomic E-state index is 10.6. The van der Waals surface area contributed by atoms with Crippen molar-refractivity contribution >= 4 is 5.97 Å². The molecule has 6 heteroatoms. The van der Waals surface area contributed by atoms with Gasteiger partial charge in [0.2, 0.25) is 0 Å². The predicted molar refractivity (Wildman–Crippen MR) is 61.7 cm³/mol. The van der Waals surface area contributed by atoms with Gasteiger partial charge in [-0.3, -0.25) is 0 Å². The third-order valence-electron chi connectivity index (χ3n) is 2.01. The summed E-state index contributed by atoms with van der Waals surface area (Å²) in [5.74, 6) is 4.51. The topological polar surface area (TPSA) is 97.3 Å². The lowest BCUT2D eigenvalue weighted by Gasteiger charge is -2.05. The van der Waals surface area contributed by atoms with Gasteiger partial charge in [0.25, 0.3) is 0 Å². The van der Waals surface area contributed by atoms with Crippen LogP contribution >= 0.6 is 0 Å². The number of benzene rings is 1. The number of rotatable bonds is 5. The van der Waals surface area contributed by atoms with Crippen LogP contribution in [0.3, 0.4) is 0 Å². The van der Waals surface area contributed by atoms with Gasteiger partial charge in [-0.1, -0.05) is 11.3 Å². The Kier molecular flexibility index (Phi) is 4.68. The first-order valence-corrected chi connectivity index (χ1v) is 4.89. The van der Waals surface area contributed by atoms with Crippen LogP contribution in [0.4, 0.5) is 0 Å². The van der Waals surface area contributed by atoms with Crippen LogP contribution < -0.4 is 10.6 Å². The lowest BCUT2D eigenvalue weighted by Crippen LogP contribution is -2.01. The molecule has 6 nitrogen and oxygen atoms in total. The maximum Gasteiger partial charge on any atom is 0.335 e. The van der Waals surface area contributed by atoms with E-state index in [0.29, 0.717) is 11.4 Å². The first-order chi connectivity index (χ1) is 8.17. The maximum atomic E-state index is 10.6. The van der Waals surface area contributed by atoms with Crippen molar-refractivity contribution in [2.45, 2.75) is 6.92 Å². The first-order valence-electron chi connectivity index (χ1n) is 4.89. The number of hydrogen-bond acceptors (Lipinski definition) is 4. The molecule has 0 aliphatic rings. The molecule has 1 rings (SSSR count). The molecule has 3 N–H and O–H groups in total. The lowest BCUT2D eigenvalue weighted by atomic mass is 10.2. The summed E-state index contributed by atoms with van der Waals surface area (Å²) in [5.41, 5.74) is 0.806. The summed E-state index contributed by atoms with van der Waals surface area (Å²) in [6.45, 7) is 2.02. The number of carboxylic acid groups (broad SMARTS) is 1. The molecule has 0 bridgehead atoms. The zero-order valence-corrected chi connectivity index (χ0v) is 9.33. The fourth-order valence-electron chi connectivity index (χ4n) is 1.10. The van der Waals surface area contributed by atoms with Crippen molar-refractivity contribution < 1.29 is 14.6 Å². The van der Waals surface area contributed by atoms with E-state index >= 15 is 0 Å². The van der Waals surface area contributed by atoms with Gasteiger partial charge in [-0.2, -0.15) is 0 Å². The second kappa shape index (κ2) is 6.26. The molecule has 0 unspecified atom stereocenters. The zero-order valence-electron chi connectivity index (χ0n) is 9.33. The van der Waals surface area contributed by atoms with Crippen molar-refractivity contribution in [2.75, 3.05) is 6.61 Å². The largest absolute Gasteiger partial charge is 0.487 e. The van der Waals surface area contributed by atoms with Gasteiger partial charge in [0, 0.05) is 0 Å². The molecule has 0 aromatic heterocycles. The summed E-state index contributed by atoms with van der Waals surface area (Å²) in [6, 6.07) is 6.10. The number of carboxylic acids is 1. The highest BCUT2D eigenvalue weighted by Gasteiger charge is 2.02. The summed E-state index contributed by atoms with van der Waals surface area (Å²) in [6.07, 6.45) is 1.72. The van der Waals surface area contributed by atoms with Gasteiger partial charge >= 0.3 is 5.97 Å². The minimum atomic E-state index is -0.970. The van der Waals surface area contributed by atoms with Crippen molar-refractivity contribution in [3.63, 3.8) is 0 Å². The Morgan fingerprint density at radius 1 is 1.47 bits per heavy atom. The van der Waals surface area contributed by atoms with Gasteiger partial charge in [0.15, 0.2) is 0 Å². The highest BCUT2D eigenvalue weighted by atomic mass is 16.5. The Balaban J connectivity index is 2.61. The first kappa shape index (κ1) is 12.7. The van der Waals surface area contributed by atoms with E-state index in [2.05, 4.69) is 10.3 Å². The second-order valence-electron chi connectivity index (χ2n) is 3.11. The normalized spacial score (nSPS) is 11.7. The minimum Gasteiger partial charge on any atom is -0.487 e. The Morgan fingerprint density at radius 3 is 2.59 bits per heavy atom. The van der Waals surface area contributed by atoms with Gasteiger partial charge in [0.1, 0.15) is 12.4 Å². The average Bonchev–Trinajstić information content (AvgIpc) is 2.35. The van der Waals surface area contributed by atoms with Gasteiger partial charge in [-0.25, -0.2) is 4.79 Å². The molecular formula is C11H13N3O3. The van der Waals surface area contributed by atoms with Crippen LogP contribution in [0.15, 0.2) is 46.4 Å². The van der Waals surface area contributed by atoms with Crippen molar-refractivity contribution in [2.24, 2.45) is 16.2 Å². The predicted octanol–water partition coefficient (Wildman–Crippen LogP) is 1.99. The van der Waals surface area contributed by atoms with Gasteiger partial charge in [-0.05, 0) is 31.2 Å². The number of ether oxygens (including phenoxy) is 1. The molecule has 0 aliphatic heterocycles. The number of nitrogens with zero attached hydrogens (tertiary/aromatic N) is 2. The minimum absolute atomic E-state index is 0.213. The molecule has 90 valence electrons. The molecule has 0 saturated heterocycles. The van der Waals surface area contributed by atoms with E-state index in [1.165, 1.54) is 12.1 Å². The molecule has 17 heavy (non-hydrogen) atoms. The van der Waals surface area contributed by atoms with Crippen LogP contribution in [0.1, 0.15) is 17.3 Å². The van der Waals surface area contributed by atoms with Crippen molar-refractivity contribution in [1.82, 2.24) is 0 Å². The Hall–Kier alpha value is -2.37. The SMILES string of the molecule is C/C=C(/COc1ccc(C(=O)O)cc1)N=NN. The summed E-state index contributed by atoms with van der Waals surface area (Å²) < 4.78 is 5.38. The molecule has 0 atom stereocenters. The summed E-state index contributed by atoms with van der Waals surface area (Å²) >= 11 is 0. The third kappa shape index (κ3) is 3.94. The van der Waals surface area contributed by atoms with E-state index in [1.54, 1.807) is 25.1 Å². The van der Waals surface area contributed by atoms with Crippen LogP contribution in [-0.4, -0.2) is 17.7 Å². The molecule has 1 aromatic carbocycles. The summed E-state index contributed by atoms with van der Waals surface area (Å²) in [5, 5.41) is 15.5. The van der Waals surface area contributed by atoms with E-state index in [-0.39, 0.29) is 12.2 Å². The molecule has 0 aliphatic carbocycles. The number of nitrogens with two attached hydrogens (primary N) is 1. The van der Waals surface area contributed by atoms with E-state index in [9.17, 15) is 4.79 Å². The molecule has 1 aromatic rings. The smallest absolute Gasteiger partial charge is 0.335 e. The van der Waals surface area contributed by atoms with Gasteiger partial charge < -0.3 is 15.7 Å². The number of carbonyl (C=O) groups is 1. The fourth-order valence-corrected chi connectivity index (χ4v) is 1.10. The van der Waals surface area contributed by atoms with Crippen LogP contribution in [0, 0.1) is 0 Å². The quantitative estimate of drug-likeness (QED) is 0.463. The van der Waals surface area contributed by atoms with Gasteiger partial charge in [0.05, 0.1) is 11.3 Å². The van der Waals surface area contributed by atoms with Crippen LogP contribution in [0.5, 0.6) is 5.75 Å². The monoisotopic (exact) mass is 235 g/mol. The number of aromatic carboxylic acids is 1. The number of allylic oxidation sites excluding steroid dienone is 1. The highest BCUT2D eigenvalue weighted by Crippen LogP contribution is 2.13. The molecule has 0 saturated carbocycles. The summed E-state index contributed by atoms with van der Waals surface area (Å²) in [7, 11) is 0. The molecule has 0 amide bonds. The van der Waals surface area contributed by atoms with E-state index in [0.717, 1.165) is 0 Å². The number of hydrogen-bond donors (Lipinski definition) is 2. The van der Waals surface area contributed by atoms with E-state index in [4.69, 9.17) is 15.7 Å². The van der Waals surface area contributed by atoms with Gasteiger partial charge in [-0.15, -0.1) is 5.11 Å². The standard InChI is InChI=1S/C11H13N3O3/c1-2-9(13-14-12)7-17-10-5-3-8(4-6-10)11(15)16/h2-6H,7H2,1H3,(H2,12,13)(H,15,16)/b9-2-. The molecule has 0 heterocycles. The fraction of sp³-hybridized carbons (Fsp3) is 0.182.